The molecule has 0 bridgehead atoms. The third-order valence-corrected chi connectivity index (χ3v) is 4.92. The Bertz CT molecular complexity index is 766. The molecule has 0 radical (unpaired) electrons. The van der Waals surface area contributed by atoms with E-state index in [1.807, 2.05) is 0 Å². The van der Waals surface area contributed by atoms with Gasteiger partial charge in [-0.15, -0.1) is 0 Å². The van der Waals surface area contributed by atoms with Crippen LogP contribution in [0, 0.1) is 18.7 Å². The molecule has 3 rings (SSSR count). The summed E-state index contributed by atoms with van der Waals surface area (Å²) in [4.78, 5) is 4.11. The van der Waals surface area contributed by atoms with E-state index < -0.39 is 17.9 Å². The Morgan fingerprint density at radius 3 is 2.38 bits per heavy atom. The second-order valence-corrected chi connectivity index (χ2v) is 6.40. The molecule has 2 aromatic rings. The quantitative estimate of drug-likeness (QED) is 0.573. The van der Waals surface area contributed by atoms with Gasteiger partial charge in [0.1, 0.15) is 5.69 Å². The van der Waals surface area contributed by atoms with Gasteiger partial charge in [0.15, 0.2) is 22.4 Å². The first kappa shape index (κ1) is 17.3. The molecular formula is C15H16ClF4N3O. The summed E-state index contributed by atoms with van der Waals surface area (Å²) in [6.07, 6.45) is -3.77. The zero-order chi connectivity index (χ0) is 17.6. The molecule has 1 aliphatic carbocycles. The molecule has 24 heavy (non-hydrogen) atoms. The average molecular weight is 366 g/mol. The van der Waals surface area contributed by atoms with Crippen LogP contribution in [0.4, 0.5) is 17.6 Å². The van der Waals surface area contributed by atoms with Crippen LogP contribution in [0.1, 0.15) is 43.0 Å². The second kappa shape index (κ2) is 6.06. The number of nitrogens with zero attached hydrogens (tertiary/aromatic N) is 3. The Labute approximate surface area is 140 Å². The van der Waals surface area contributed by atoms with Gasteiger partial charge < -0.3 is 4.74 Å². The third kappa shape index (κ3) is 2.81. The van der Waals surface area contributed by atoms with Crippen LogP contribution in [0.5, 0.6) is 5.75 Å². The Morgan fingerprint density at radius 1 is 1.21 bits per heavy atom. The van der Waals surface area contributed by atoms with Gasteiger partial charge in [0.25, 0.3) is 0 Å². The number of rotatable bonds is 2. The van der Waals surface area contributed by atoms with Gasteiger partial charge in [-0.05, 0) is 32.6 Å². The minimum absolute atomic E-state index is 0.0228. The van der Waals surface area contributed by atoms with Crippen molar-refractivity contribution in [2.75, 3.05) is 7.11 Å². The molecule has 0 spiro atoms. The molecule has 0 aliphatic heterocycles. The fraction of sp³-hybridized carbons (Fsp3) is 0.600. The maximum atomic E-state index is 14.7. The Balaban J connectivity index is 1.94. The van der Waals surface area contributed by atoms with Gasteiger partial charge in [-0.25, -0.2) is 9.37 Å². The number of ether oxygens (including phenoxy) is 1. The first-order valence-corrected chi connectivity index (χ1v) is 7.96. The van der Waals surface area contributed by atoms with E-state index in [0.717, 1.165) is 4.52 Å². The van der Waals surface area contributed by atoms with Crippen LogP contribution in [0.15, 0.2) is 0 Å². The molecule has 0 atom stereocenters. The molecular weight excluding hydrogens is 350 g/mol. The number of alkyl halides is 3. The number of aromatic nitrogens is 3. The number of methoxy groups -OCH3 is 1. The van der Waals surface area contributed by atoms with Gasteiger partial charge in [0, 0.05) is 5.92 Å². The topological polar surface area (TPSA) is 39.4 Å². The highest BCUT2D eigenvalue weighted by Crippen LogP contribution is 2.43. The maximum Gasteiger partial charge on any atom is 0.391 e. The summed E-state index contributed by atoms with van der Waals surface area (Å²) in [5.74, 6) is -2.03. The van der Waals surface area contributed by atoms with E-state index in [0.29, 0.717) is 11.4 Å². The Kier molecular flexibility index (Phi) is 4.36. The van der Waals surface area contributed by atoms with Crippen LogP contribution in [0.3, 0.4) is 0 Å². The lowest BCUT2D eigenvalue weighted by molar-refractivity contribution is -0.182. The monoisotopic (exact) mass is 365 g/mol. The molecule has 4 nitrogen and oxygen atoms in total. The van der Waals surface area contributed by atoms with Crippen LogP contribution in [-0.2, 0) is 0 Å². The van der Waals surface area contributed by atoms with E-state index >= 15 is 0 Å². The summed E-state index contributed by atoms with van der Waals surface area (Å²) in [6, 6.07) is 0. The number of hydrogen-bond acceptors (Lipinski definition) is 3. The molecule has 1 aliphatic rings. The number of hydrogen-bond donors (Lipinski definition) is 0. The van der Waals surface area contributed by atoms with Crippen LogP contribution in [0.25, 0.3) is 5.65 Å². The highest BCUT2D eigenvalue weighted by atomic mass is 35.5. The molecule has 9 heteroatoms. The minimum atomic E-state index is -4.20. The highest BCUT2D eigenvalue weighted by molar-refractivity contribution is 6.31. The lowest BCUT2D eigenvalue weighted by atomic mass is 9.80. The standard InChI is InChI=1S/C15H16ClF4N3O/c1-7-12(24-2)13(16)23-14(21-7)10(17)11(22-23)8-3-5-9(6-4-8)15(18,19)20/h8-9H,3-6H2,1-2H3. The maximum absolute atomic E-state index is 14.7. The van der Waals surface area contributed by atoms with Crippen molar-refractivity contribution in [1.82, 2.24) is 14.6 Å². The second-order valence-electron chi connectivity index (χ2n) is 6.05. The summed E-state index contributed by atoms with van der Waals surface area (Å²) in [5, 5.41) is 4.25. The van der Waals surface area contributed by atoms with Crippen molar-refractivity contribution in [2.45, 2.75) is 44.7 Å². The van der Waals surface area contributed by atoms with Crippen LogP contribution >= 0.6 is 11.6 Å². The average Bonchev–Trinajstić information content (AvgIpc) is 2.84. The van der Waals surface area contributed by atoms with Crippen molar-refractivity contribution in [3.05, 3.63) is 22.4 Å². The molecule has 2 aromatic heterocycles. The van der Waals surface area contributed by atoms with Crippen molar-refractivity contribution in [3.8, 4) is 5.75 Å². The zero-order valence-electron chi connectivity index (χ0n) is 13.1. The molecule has 0 saturated heterocycles. The van der Waals surface area contributed by atoms with Crippen molar-refractivity contribution in [2.24, 2.45) is 5.92 Å². The van der Waals surface area contributed by atoms with Crippen molar-refractivity contribution >= 4 is 17.2 Å². The van der Waals surface area contributed by atoms with Gasteiger partial charge in [-0.3, -0.25) is 0 Å². The lowest BCUT2D eigenvalue weighted by Gasteiger charge is -2.28. The Morgan fingerprint density at radius 2 is 1.83 bits per heavy atom. The van der Waals surface area contributed by atoms with Crippen molar-refractivity contribution in [3.63, 3.8) is 0 Å². The number of fused-ring (bicyclic) bond motifs is 1. The summed E-state index contributed by atoms with van der Waals surface area (Å²) in [6.45, 7) is 1.63. The molecule has 132 valence electrons. The van der Waals surface area contributed by atoms with Crippen LogP contribution < -0.4 is 4.74 Å². The molecule has 0 unspecified atom stereocenters. The summed E-state index contributed by atoms with van der Waals surface area (Å²) in [7, 11) is 1.42. The molecule has 2 heterocycles. The van der Waals surface area contributed by atoms with E-state index in [1.54, 1.807) is 6.92 Å². The minimum Gasteiger partial charge on any atom is -0.492 e. The zero-order valence-corrected chi connectivity index (χ0v) is 13.9. The molecule has 0 aromatic carbocycles. The smallest absolute Gasteiger partial charge is 0.391 e. The fourth-order valence-electron chi connectivity index (χ4n) is 3.28. The predicted molar refractivity (Wildman–Crippen MR) is 80.0 cm³/mol. The van der Waals surface area contributed by atoms with E-state index in [9.17, 15) is 17.6 Å². The van der Waals surface area contributed by atoms with Gasteiger partial charge in [0.05, 0.1) is 18.7 Å². The van der Waals surface area contributed by atoms with Gasteiger partial charge in [-0.1, -0.05) is 11.6 Å². The van der Waals surface area contributed by atoms with E-state index in [-0.39, 0.29) is 48.1 Å². The highest BCUT2D eigenvalue weighted by Gasteiger charge is 2.42. The van der Waals surface area contributed by atoms with E-state index in [2.05, 4.69) is 10.1 Å². The number of halogens is 5. The first-order valence-electron chi connectivity index (χ1n) is 7.59. The third-order valence-electron chi connectivity index (χ3n) is 4.59. The molecule has 0 N–H and O–H groups in total. The van der Waals surface area contributed by atoms with E-state index in [1.165, 1.54) is 7.11 Å². The SMILES string of the molecule is COc1c(C)nc2c(F)c(C3CCC(C(F)(F)F)CC3)nn2c1Cl. The summed E-state index contributed by atoms with van der Waals surface area (Å²) >= 11 is 6.17. The lowest BCUT2D eigenvalue weighted by Crippen LogP contribution is -2.27. The number of aryl methyl sites for hydroxylation is 1. The summed E-state index contributed by atoms with van der Waals surface area (Å²) in [5.41, 5.74) is 0.505. The van der Waals surface area contributed by atoms with Crippen molar-refractivity contribution < 1.29 is 22.3 Å². The van der Waals surface area contributed by atoms with Crippen molar-refractivity contribution in [1.29, 1.82) is 0 Å². The molecule has 1 saturated carbocycles. The Hall–Kier alpha value is -1.57. The van der Waals surface area contributed by atoms with Gasteiger partial charge in [-0.2, -0.15) is 22.8 Å². The fourth-order valence-corrected chi connectivity index (χ4v) is 3.61. The van der Waals surface area contributed by atoms with Crippen LogP contribution in [-0.4, -0.2) is 27.9 Å². The predicted octanol–water partition coefficient (Wildman–Crippen LogP) is 4.67. The normalized spacial score (nSPS) is 22.1. The van der Waals surface area contributed by atoms with Crippen LogP contribution in [0.2, 0.25) is 5.15 Å². The first-order chi connectivity index (χ1) is 11.2. The largest absolute Gasteiger partial charge is 0.492 e. The molecule has 1 fully saturated rings. The van der Waals surface area contributed by atoms with E-state index in [4.69, 9.17) is 16.3 Å². The van der Waals surface area contributed by atoms with Gasteiger partial charge >= 0.3 is 6.18 Å². The summed E-state index contributed by atoms with van der Waals surface area (Å²) < 4.78 is 59.2. The molecule has 0 amide bonds. The van der Waals surface area contributed by atoms with Gasteiger partial charge in [0.2, 0.25) is 0 Å².